The summed E-state index contributed by atoms with van der Waals surface area (Å²) in [5, 5.41) is 12.7. The summed E-state index contributed by atoms with van der Waals surface area (Å²) in [7, 11) is 0. The third kappa shape index (κ3) is 2.26. The fourth-order valence-corrected chi connectivity index (χ4v) is 2.60. The summed E-state index contributed by atoms with van der Waals surface area (Å²) in [6, 6.07) is 10.6. The average molecular weight is 291 g/mol. The van der Waals surface area contributed by atoms with Crippen LogP contribution in [0.5, 0.6) is 0 Å². The van der Waals surface area contributed by atoms with E-state index in [1.807, 2.05) is 18.2 Å². The molecule has 1 aliphatic rings. The minimum Gasteiger partial charge on any atom is -0.258 e. The fourth-order valence-electron chi connectivity index (χ4n) is 2.12. The van der Waals surface area contributed by atoms with Crippen LogP contribution in [-0.4, -0.2) is 15.0 Å². The van der Waals surface area contributed by atoms with Gasteiger partial charge in [-0.2, -0.15) is 4.28 Å². The Kier molecular flexibility index (Phi) is 3.17. The summed E-state index contributed by atoms with van der Waals surface area (Å²) in [5.41, 5.74) is 2.92. The van der Waals surface area contributed by atoms with E-state index >= 15 is 0 Å². The van der Waals surface area contributed by atoms with Crippen LogP contribution in [0, 0.1) is 10.1 Å². The zero-order valence-electron chi connectivity index (χ0n) is 10.1. The van der Waals surface area contributed by atoms with Crippen molar-refractivity contribution < 1.29 is 13.4 Å². The molecular formula is C12H9N3O4S. The van der Waals surface area contributed by atoms with E-state index in [1.165, 1.54) is 0 Å². The second-order valence-electron chi connectivity index (χ2n) is 4.17. The molecule has 2 aromatic carbocycles. The van der Waals surface area contributed by atoms with Crippen molar-refractivity contribution in [3.8, 4) is 0 Å². The molecule has 8 heteroatoms. The SMILES string of the molecule is O=[N+]([O-])c1c(CC2=NS(=O)ON2)ccc2ccccc12. The van der Waals surface area contributed by atoms with Crippen molar-refractivity contribution >= 4 is 33.6 Å². The van der Waals surface area contributed by atoms with E-state index in [4.69, 9.17) is 0 Å². The molecule has 0 amide bonds. The Morgan fingerprint density at radius 3 is 2.80 bits per heavy atom. The molecule has 0 fully saturated rings. The molecule has 0 aromatic heterocycles. The summed E-state index contributed by atoms with van der Waals surface area (Å²) in [4.78, 5) is 10.9. The number of amidine groups is 1. The molecule has 1 heterocycles. The van der Waals surface area contributed by atoms with Gasteiger partial charge in [0.15, 0.2) is 0 Å². The highest BCUT2D eigenvalue weighted by Gasteiger charge is 2.22. The monoisotopic (exact) mass is 291 g/mol. The molecule has 2 aromatic rings. The van der Waals surface area contributed by atoms with Crippen LogP contribution < -0.4 is 5.48 Å². The largest absolute Gasteiger partial charge is 0.309 e. The Morgan fingerprint density at radius 2 is 2.10 bits per heavy atom. The van der Waals surface area contributed by atoms with Crippen molar-refractivity contribution in [2.45, 2.75) is 6.42 Å². The van der Waals surface area contributed by atoms with Gasteiger partial charge < -0.3 is 0 Å². The molecule has 0 saturated heterocycles. The summed E-state index contributed by atoms with van der Waals surface area (Å²) < 4.78 is 19.3. The zero-order chi connectivity index (χ0) is 14.1. The minimum atomic E-state index is -1.76. The molecule has 1 aliphatic heterocycles. The summed E-state index contributed by atoms with van der Waals surface area (Å²) in [5.74, 6) is 0.307. The molecule has 102 valence electrons. The smallest absolute Gasteiger partial charge is 0.258 e. The van der Waals surface area contributed by atoms with Gasteiger partial charge >= 0.3 is 11.3 Å². The topological polar surface area (TPSA) is 93.8 Å². The quantitative estimate of drug-likeness (QED) is 0.687. The number of nitro groups is 1. The van der Waals surface area contributed by atoms with Gasteiger partial charge in [-0.05, 0) is 11.5 Å². The molecule has 20 heavy (non-hydrogen) atoms. The molecule has 0 bridgehead atoms. The molecule has 1 atom stereocenters. The first kappa shape index (κ1) is 12.7. The third-order valence-electron chi connectivity index (χ3n) is 2.94. The van der Waals surface area contributed by atoms with Crippen LogP contribution >= 0.6 is 0 Å². The lowest BCUT2D eigenvalue weighted by atomic mass is 10.0. The first-order chi connectivity index (χ1) is 9.65. The van der Waals surface area contributed by atoms with Gasteiger partial charge in [0.1, 0.15) is 5.84 Å². The maximum atomic E-state index is 11.3. The van der Waals surface area contributed by atoms with Crippen LogP contribution in [0.25, 0.3) is 10.8 Å². The number of benzene rings is 2. The summed E-state index contributed by atoms with van der Waals surface area (Å²) >= 11 is -1.76. The lowest BCUT2D eigenvalue weighted by Crippen LogP contribution is -2.19. The van der Waals surface area contributed by atoms with Crippen LogP contribution in [0.4, 0.5) is 5.69 Å². The normalized spacial score (nSPS) is 17.8. The Morgan fingerprint density at radius 1 is 1.30 bits per heavy atom. The zero-order valence-corrected chi connectivity index (χ0v) is 10.9. The predicted molar refractivity (Wildman–Crippen MR) is 74.1 cm³/mol. The molecule has 0 radical (unpaired) electrons. The van der Waals surface area contributed by atoms with Gasteiger partial charge in [0.25, 0.3) is 5.69 Å². The first-order valence-corrected chi connectivity index (χ1v) is 6.76. The number of nitrogens with one attached hydrogen (secondary N) is 1. The van der Waals surface area contributed by atoms with Crippen LogP contribution in [0.1, 0.15) is 5.56 Å². The molecule has 0 saturated carbocycles. The second-order valence-corrected chi connectivity index (χ2v) is 4.95. The van der Waals surface area contributed by atoms with Crippen LogP contribution in [0.15, 0.2) is 40.8 Å². The predicted octanol–water partition coefficient (Wildman–Crippen LogP) is 1.80. The second kappa shape index (κ2) is 4.99. The Balaban J connectivity index is 2.10. The van der Waals surface area contributed by atoms with E-state index in [9.17, 15) is 14.3 Å². The van der Waals surface area contributed by atoms with Gasteiger partial charge in [-0.25, -0.2) is 9.69 Å². The number of nitro benzene ring substituents is 1. The molecule has 0 aliphatic carbocycles. The van der Waals surface area contributed by atoms with E-state index in [2.05, 4.69) is 14.2 Å². The van der Waals surface area contributed by atoms with Crippen molar-refractivity contribution in [1.29, 1.82) is 0 Å². The lowest BCUT2D eigenvalue weighted by Gasteiger charge is -2.06. The number of hydrogen-bond acceptors (Lipinski definition) is 5. The first-order valence-electron chi connectivity index (χ1n) is 5.73. The number of rotatable bonds is 3. The molecule has 1 N–H and O–H groups in total. The van der Waals surface area contributed by atoms with Gasteiger partial charge in [0.2, 0.25) is 0 Å². The Bertz CT molecular complexity index is 759. The van der Waals surface area contributed by atoms with Crippen LogP contribution in [-0.2, 0) is 22.0 Å². The highest BCUT2D eigenvalue weighted by molar-refractivity contribution is 7.79. The Hall–Kier alpha value is -2.32. The minimum absolute atomic E-state index is 0.0327. The number of hydroxylamine groups is 1. The maximum absolute atomic E-state index is 11.3. The van der Waals surface area contributed by atoms with E-state index in [0.717, 1.165) is 5.39 Å². The van der Waals surface area contributed by atoms with Crippen molar-refractivity contribution in [3.63, 3.8) is 0 Å². The molecule has 3 rings (SSSR count). The van der Waals surface area contributed by atoms with Crippen molar-refractivity contribution in [2.24, 2.45) is 4.40 Å². The van der Waals surface area contributed by atoms with Gasteiger partial charge in [0.05, 0.1) is 10.3 Å². The van der Waals surface area contributed by atoms with Gasteiger partial charge in [0, 0.05) is 12.0 Å². The summed E-state index contributed by atoms with van der Waals surface area (Å²) in [6.07, 6.45) is 0.160. The van der Waals surface area contributed by atoms with Crippen LogP contribution in [0.3, 0.4) is 0 Å². The molecule has 7 nitrogen and oxygen atoms in total. The molecular weight excluding hydrogens is 282 g/mol. The number of nitrogens with zero attached hydrogens (tertiary/aromatic N) is 2. The van der Waals surface area contributed by atoms with Crippen molar-refractivity contribution in [3.05, 3.63) is 52.1 Å². The highest BCUT2D eigenvalue weighted by Crippen LogP contribution is 2.30. The maximum Gasteiger partial charge on any atom is 0.309 e. The highest BCUT2D eigenvalue weighted by atomic mass is 32.2. The number of hydrogen-bond donors (Lipinski definition) is 1. The third-order valence-corrected chi connectivity index (χ3v) is 3.54. The summed E-state index contributed by atoms with van der Waals surface area (Å²) in [6.45, 7) is 0. The van der Waals surface area contributed by atoms with Gasteiger partial charge in [-0.15, -0.1) is 4.40 Å². The van der Waals surface area contributed by atoms with E-state index in [1.54, 1.807) is 18.2 Å². The van der Waals surface area contributed by atoms with Crippen molar-refractivity contribution in [2.75, 3.05) is 0 Å². The fraction of sp³-hybridized carbons (Fsp3) is 0.0833. The molecule has 1 unspecified atom stereocenters. The average Bonchev–Trinajstić information content (AvgIpc) is 2.83. The van der Waals surface area contributed by atoms with Crippen molar-refractivity contribution in [1.82, 2.24) is 5.48 Å². The standard InChI is InChI=1S/C12H9N3O4S/c16-15(17)12-9(7-11-13-19-20(18)14-11)6-5-8-3-1-2-4-10(8)12/h1-6H,7H2,(H,13,14). The van der Waals surface area contributed by atoms with E-state index in [-0.39, 0.29) is 12.1 Å². The van der Waals surface area contributed by atoms with Gasteiger partial charge in [-0.1, -0.05) is 30.3 Å². The lowest BCUT2D eigenvalue weighted by molar-refractivity contribution is -0.383. The van der Waals surface area contributed by atoms with Gasteiger partial charge in [-0.3, -0.25) is 10.1 Å². The molecule has 0 spiro atoms. The van der Waals surface area contributed by atoms with Crippen LogP contribution in [0.2, 0.25) is 0 Å². The van der Waals surface area contributed by atoms with E-state index < -0.39 is 16.2 Å². The Labute approximate surface area is 116 Å². The number of fused-ring (bicyclic) bond motifs is 1. The van der Waals surface area contributed by atoms with E-state index in [0.29, 0.717) is 16.8 Å².